The molecule has 1 aromatic carbocycles. The molecule has 6 heteroatoms. The van der Waals surface area contributed by atoms with E-state index in [0.29, 0.717) is 25.6 Å². The number of nitrogens with two attached hydrogens (primary N) is 1. The first-order chi connectivity index (χ1) is 9.17. The lowest BCUT2D eigenvalue weighted by atomic mass is 10.1. The fourth-order valence-corrected chi connectivity index (χ4v) is 1.34. The van der Waals surface area contributed by atoms with Gasteiger partial charge in [0.15, 0.2) is 5.84 Å². The van der Waals surface area contributed by atoms with E-state index in [0.717, 1.165) is 11.1 Å². The summed E-state index contributed by atoms with van der Waals surface area (Å²) in [5, 5.41) is 6.38. The number of hydrogen-bond donors (Lipinski definition) is 2. The zero-order chi connectivity index (χ0) is 14.1. The third-order valence-corrected chi connectivity index (χ3v) is 2.25. The second kappa shape index (κ2) is 7.97. The summed E-state index contributed by atoms with van der Waals surface area (Å²) < 4.78 is 4.76. The Morgan fingerprint density at radius 3 is 2.53 bits per heavy atom. The Labute approximate surface area is 112 Å². The molecule has 1 amide bonds. The van der Waals surface area contributed by atoms with Crippen molar-refractivity contribution in [1.82, 2.24) is 5.32 Å². The Balaban J connectivity index is 2.54. The van der Waals surface area contributed by atoms with E-state index in [1.807, 2.05) is 31.2 Å². The number of hydrogen-bond acceptors (Lipinski definition) is 4. The lowest BCUT2D eigenvalue weighted by Crippen LogP contribution is -2.23. The lowest BCUT2D eigenvalue weighted by molar-refractivity contribution is 0.151. The average molecular weight is 265 g/mol. The van der Waals surface area contributed by atoms with Crippen molar-refractivity contribution in [2.75, 3.05) is 13.2 Å². The number of benzene rings is 1. The van der Waals surface area contributed by atoms with Crippen LogP contribution in [0.5, 0.6) is 0 Å². The van der Waals surface area contributed by atoms with E-state index in [9.17, 15) is 4.79 Å². The summed E-state index contributed by atoms with van der Waals surface area (Å²) in [7, 11) is 0. The zero-order valence-electron chi connectivity index (χ0n) is 11.2. The second-order valence-electron chi connectivity index (χ2n) is 3.67. The quantitative estimate of drug-likeness (QED) is 0.464. The maximum absolute atomic E-state index is 11.1. The molecule has 1 aromatic rings. The Morgan fingerprint density at radius 1 is 1.26 bits per heavy atom. The van der Waals surface area contributed by atoms with Crippen LogP contribution in [0.25, 0.3) is 0 Å². The standard InChI is InChI=1S/C13H19N3O3/c1-3-18-13(17)15-9-10-5-7-11(8-6-10)12(14)16-19-4-2/h5-8H,3-4,9H2,1-2H3,(H2,14,16)(H,15,17). The van der Waals surface area contributed by atoms with Gasteiger partial charge in [-0.2, -0.15) is 0 Å². The monoisotopic (exact) mass is 265 g/mol. The molecule has 0 aromatic heterocycles. The van der Waals surface area contributed by atoms with Gasteiger partial charge in [0, 0.05) is 12.1 Å². The normalized spacial score (nSPS) is 10.9. The first-order valence-corrected chi connectivity index (χ1v) is 6.12. The Kier molecular flexibility index (Phi) is 6.21. The van der Waals surface area contributed by atoms with E-state index >= 15 is 0 Å². The number of amidine groups is 1. The van der Waals surface area contributed by atoms with Crippen LogP contribution >= 0.6 is 0 Å². The molecule has 3 N–H and O–H groups in total. The molecule has 0 aliphatic heterocycles. The summed E-state index contributed by atoms with van der Waals surface area (Å²) in [6, 6.07) is 7.35. The van der Waals surface area contributed by atoms with Crippen LogP contribution in [0.15, 0.2) is 29.4 Å². The summed E-state index contributed by atoms with van der Waals surface area (Å²) in [5.74, 6) is 0.326. The van der Waals surface area contributed by atoms with Crippen molar-refractivity contribution in [2.24, 2.45) is 10.9 Å². The van der Waals surface area contributed by atoms with Gasteiger partial charge in [-0.3, -0.25) is 0 Å². The van der Waals surface area contributed by atoms with Crippen molar-refractivity contribution in [2.45, 2.75) is 20.4 Å². The van der Waals surface area contributed by atoms with Gasteiger partial charge in [-0.1, -0.05) is 29.4 Å². The average Bonchev–Trinajstić information content (AvgIpc) is 2.43. The molecule has 104 valence electrons. The molecule has 6 nitrogen and oxygen atoms in total. The number of ether oxygens (including phenoxy) is 1. The summed E-state index contributed by atoms with van der Waals surface area (Å²) in [5.41, 5.74) is 7.45. The number of amides is 1. The topological polar surface area (TPSA) is 85.9 Å². The first kappa shape index (κ1) is 14.8. The van der Waals surface area contributed by atoms with Gasteiger partial charge in [0.05, 0.1) is 6.61 Å². The Bertz CT molecular complexity index is 429. The third-order valence-electron chi connectivity index (χ3n) is 2.25. The highest BCUT2D eigenvalue weighted by Gasteiger charge is 2.02. The SMILES string of the molecule is CCO/N=C(\N)c1ccc(CNC(=O)OCC)cc1. The highest BCUT2D eigenvalue weighted by Crippen LogP contribution is 2.04. The molecule has 0 atom stereocenters. The minimum atomic E-state index is -0.427. The molecule has 0 bridgehead atoms. The molecule has 0 fully saturated rings. The van der Waals surface area contributed by atoms with E-state index in [-0.39, 0.29) is 0 Å². The van der Waals surface area contributed by atoms with E-state index in [1.54, 1.807) is 6.92 Å². The summed E-state index contributed by atoms with van der Waals surface area (Å²) in [6.45, 7) is 4.83. The maximum Gasteiger partial charge on any atom is 0.407 e. The summed E-state index contributed by atoms with van der Waals surface area (Å²) >= 11 is 0. The molecule has 0 aliphatic carbocycles. The van der Waals surface area contributed by atoms with Gasteiger partial charge >= 0.3 is 6.09 Å². The number of oxime groups is 1. The van der Waals surface area contributed by atoms with Gasteiger partial charge in [-0.15, -0.1) is 0 Å². The summed E-state index contributed by atoms with van der Waals surface area (Å²) in [6.07, 6.45) is -0.427. The molecule has 0 aliphatic rings. The lowest BCUT2D eigenvalue weighted by Gasteiger charge is -2.06. The predicted octanol–water partition coefficient (Wildman–Crippen LogP) is 1.59. The second-order valence-corrected chi connectivity index (χ2v) is 3.67. The Morgan fingerprint density at radius 2 is 1.95 bits per heavy atom. The van der Waals surface area contributed by atoms with Crippen molar-refractivity contribution in [3.63, 3.8) is 0 Å². The smallest absolute Gasteiger partial charge is 0.407 e. The van der Waals surface area contributed by atoms with E-state index in [2.05, 4.69) is 10.5 Å². The van der Waals surface area contributed by atoms with Crippen LogP contribution in [0, 0.1) is 0 Å². The van der Waals surface area contributed by atoms with Crippen LogP contribution in [-0.4, -0.2) is 25.1 Å². The van der Waals surface area contributed by atoms with Crippen LogP contribution in [-0.2, 0) is 16.1 Å². The van der Waals surface area contributed by atoms with Crippen LogP contribution in [0.4, 0.5) is 4.79 Å². The molecule has 0 unspecified atom stereocenters. The highest BCUT2D eigenvalue weighted by molar-refractivity contribution is 5.97. The number of nitrogens with zero attached hydrogens (tertiary/aromatic N) is 1. The molecule has 0 saturated carbocycles. The number of alkyl carbamates (subject to hydrolysis) is 1. The minimum absolute atomic E-state index is 0.326. The van der Waals surface area contributed by atoms with Crippen molar-refractivity contribution in [3.05, 3.63) is 35.4 Å². The number of carbonyl (C=O) groups excluding carboxylic acids is 1. The molecule has 0 saturated heterocycles. The number of carbonyl (C=O) groups is 1. The van der Waals surface area contributed by atoms with Gasteiger partial charge in [0.25, 0.3) is 0 Å². The molecule has 0 spiro atoms. The fourth-order valence-electron chi connectivity index (χ4n) is 1.34. The molecular weight excluding hydrogens is 246 g/mol. The van der Waals surface area contributed by atoms with Crippen LogP contribution in [0.1, 0.15) is 25.0 Å². The largest absolute Gasteiger partial charge is 0.450 e. The minimum Gasteiger partial charge on any atom is -0.450 e. The number of nitrogens with one attached hydrogen (secondary N) is 1. The van der Waals surface area contributed by atoms with Gasteiger partial charge in [-0.25, -0.2) is 4.79 Å². The van der Waals surface area contributed by atoms with Crippen LogP contribution < -0.4 is 11.1 Å². The first-order valence-electron chi connectivity index (χ1n) is 6.12. The van der Waals surface area contributed by atoms with Crippen molar-refractivity contribution in [3.8, 4) is 0 Å². The van der Waals surface area contributed by atoms with Crippen LogP contribution in [0.2, 0.25) is 0 Å². The highest BCUT2D eigenvalue weighted by atomic mass is 16.6. The third kappa shape index (κ3) is 5.29. The molecular formula is C13H19N3O3. The number of rotatable bonds is 6. The Hall–Kier alpha value is -2.24. The van der Waals surface area contributed by atoms with Gasteiger partial charge in [0.1, 0.15) is 6.61 Å². The predicted molar refractivity (Wildman–Crippen MR) is 72.7 cm³/mol. The molecule has 1 rings (SSSR count). The maximum atomic E-state index is 11.1. The van der Waals surface area contributed by atoms with Crippen molar-refractivity contribution < 1.29 is 14.4 Å². The summed E-state index contributed by atoms with van der Waals surface area (Å²) in [4.78, 5) is 16.0. The van der Waals surface area contributed by atoms with E-state index < -0.39 is 6.09 Å². The van der Waals surface area contributed by atoms with Gasteiger partial charge in [-0.05, 0) is 19.4 Å². The fraction of sp³-hybridized carbons (Fsp3) is 0.385. The van der Waals surface area contributed by atoms with Gasteiger partial charge in [0.2, 0.25) is 0 Å². The van der Waals surface area contributed by atoms with E-state index in [1.165, 1.54) is 0 Å². The van der Waals surface area contributed by atoms with Crippen molar-refractivity contribution in [1.29, 1.82) is 0 Å². The van der Waals surface area contributed by atoms with Crippen LogP contribution in [0.3, 0.4) is 0 Å². The van der Waals surface area contributed by atoms with Crippen molar-refractivity contribution >= 4 is 11.9 Å². The molecule has 0 heterocycles. The zero-order valence-corrected chi connectivity index (χ0v) is 11.2. The van der Waals surface area contributed by atoms with E-state index in [4.69, 9.17) is 15.3 Å². The molecule has 19 heavy (non-hydrogen) atoms. The molecule has 0 radical (unpaired) electrons. The van der Waals surface area contributed by atoms with Gasteiger partial charge < -0.3 is 20.6 Å².